The normalized spacial score (nSPS) is 21.7. The number of H-pyrrole nitrogens is 2. The van der Waals surface area contributed by atoms with Crippen molar-refractivity contribution in [1.82, 2.24) is 15.3 Å². The highest BCUT2D eigenvalue weighted by molar-refractivity contribution is 7.71. The average Bonchev–Trinajstić information content (AvgIpc) is 2.48. The second kappa shape index (κ2) is 6.04. The van der Waals surface area contributed by atoms with E-state index in [1.54, 1.807) is 18.2 Å². The number of aromatic amines is 2. The number of hydrogen-bond acceptors (Lipinski definition) is 3. The molecule has 1 aliphatic carbocycles. The lowest BCUT2D eigenvalue weighted by atomic mass is 9.86. The van der Waals surface area contributed by atoms with Crippen LogP contribution in [0.5, 0.6) is 0 Å². The Morgan fingerprint density at radius 1 is 1.27 bits per heavy atom. The van der Waals surface area contributed by atoms with Crippen molar-refractivity contribution in [2.75, 3.05) is 0 Å². The molecule has 2 aromatic rings. The van der Waals surface area contributed by atoms with Gasteiger partial charge in [0.2, 0.25) is 0 Å². The minimum Gasteiger partial charge on any atom is -0.349 e. The summed E-state index contributed by atoms with van der Waals surface area (Å²) in [6.07, 6.45) is 4.59. The molecule has 1 fully saturated rings. The first-order valence-electron chi connectivity index (χ1n) is 7.62. The number of aromatic nitrogens is 2. The molecule has 0 spiro atoms. The van der Waals surface area contributed by atoms with E-state index in [0.717, 1.165) is 19.3 Å². The van der Waals surface area contributed by atoms with Crippen molar-refractivity contribution in [2.24, 2.45) is 5.92 Å². The van der Waals surface area contributed by atoms with Crippen LogP contribution in [0.2, 0.25) is 0 Å². The molecule has 1 saturated carbocycles. The van der Waals surface area contributed by atoms with E-state index in [9.17, 15) is 9.59 Å². The molecular formula is C16H19N3O2S. The van der Waals surface area contributed by atoms with Crippen molar-refractivity contribution < 1.29 is 4.79 Å². The van der Waals surface area contributed by atoms with Gasteiger partial charge in [0.1, 0.15) is 0 Å². The third-order valence-corrected chi connectivity index (χ3v) is 4.63. The highest BCUT2D eigenvalue weighted by Crippen LogP contribution is 2.24. The maximum atomic E-state index is 12.4. The maximum absolute atomic E-state index is 12.4. The molecule has 1 aromatic heterocycles. The van der Waals surface area contributed by atoms with E-state index < -0.39 is 0 Å². The highest BCUT2D eigenvalue weighted by Gasteiger charge is 2.23. The zero-order valence-electron chi connectivity index (χ0n) is 12.4. The van der Waals surface area contributed by atoms with Crippen molar-refractivity contribution in [2.45, 2.75) is 38.6 Å². The monoisotopic (exact) mass is 317 g/mol. The standard InChI is InChI=1S/C16H19N3O2S/c1-9-4-2-3-5-12(9)17-14(20)10-6-7-11-13(8-10)18-16(22)19-15(11)21/h6-9,12H,2-5H2,1H3,(H,17,20)(H2,18,19,21,22)/t9-,12-/m1/s1. The van der Waals surface area contributed by atoms with Gasteiger partial charge in [0.15, 0.2) is 4.77 Å². The van der Waals surface area contributed by atoms with Crippen LogP contribution >= 0.6 is 12.2 Å². The fourth-order valence-electron chi connectivity index (χ4n) is 3.09. The molecule has 1 heterocycles. The fraction of sp³-hybridized carbons (Fsp3) is 0.438. The van der Waals surface area contributed by atoms with Gasteiger partial charge in [-0.1, -0.05) is 19.8 Å². The number of carbonyl (C=O) groups excluding carboxylic acids is 1. The van der Waals surface area contributed by atoms with Crippen LogP contribution in [0.25, 0.3) is 10.9 Å². The number of rotatable bonds is 2. The first-order chi connectivity index (χ1) is 10.5. The number of carbonyl (C=O) groups is 1. The van der Waals surface area contributed by atoms with Crippen molar-refractivity contribution in [3.8, 4) is 0 Å². The summed E-state index contributed by atoms with van der Waals surface area (Å²) >= 11 is 4.97. The van der Waals surface area contributed by atoms with Crippen LogP contribution in [0.4, 0.5) is 0 Å². The zero-order valence-corrected chi connectivity index (χ0v) is 13.3. The van der Waals surface area contributed by atoms with Crippen LogP contribution in [-0.2, 0) is 0 Å². The number of benzene rings is 1. The molecule has 6 heteroatoms. The third kappa shape index (κ3) is 2.97. The number of nitrogens with one attached hydrogen (secondary N) is 3. The van der Waals surface area contributed by atoms with E-state index in [-0.39, 0.29) is 22.3 Å². The molecule has 1 aromatic carbocycles. The molecule has 0 unspecified atom stereocenters. The topological polar surface area (TPSA) is 77.8 Å². The van der Waals surface area contributed by atoms with Gasteiger partial charge in [-0.05, 0) is 49.2 Å². The van der Waals surface area contributed by atoms with Gasteiger partial charge in [-0.2, -0.15) is 0 Å². The molecular weight excluding hydrogens is 298 g/mol. The Bertz CT molecular complexity index is 824. The quantitative estimate of drug-likeness (QED) is 0.745. The lowest BCUT2D eigenvalue weighted by Crippen LogP contribution is -2.41. The largest absolute Gasteiger partial charge is 0.349 e. The Hall–Kier alpha value is -1.95. The minimum atomic E-state index is -0.244. The van der Waals surface area contributed by atoms with Crippen molar-refractivity contribution in [3.05, 3.63) is 38.9 Å². The Balaban J connectivity index is 1.88. The Labute approximate surface area is 133 Å². The number of amides is 1. The van der Waals surface area contributed by atoms with Crippen LogP contribution in [0.1, 0.15) is 43.0 Å². The summed E-state index contributed by atoms with van der Waals surface area (Å²) in [5.41, 5.74) is 0.881. The van der Waals surface area contributed by atoms with Gasteiger partial charge in [-0.3, -0.25) is 14.6 Å². The lowest BCUT2D eigenvalue weighted by molar-refractivity contribution is 0.0910. The van der Waals surface area contributed by atoms with Gasteiger partial charge in [-0.25, -0.2) is 0 Å². The second-order valence-electron chi connectivity index (χ2n) is 6.01. The van der Waals surface area contributed by atoms with E-state index in [1.165, 1.54) is 6.42 Å². The summed E-state index contributed by atoms with van der Waals surface area (Å²) in [6, 6.07) is 5.24. The molecule has 5 nitrogen and oxygen atoms in total. The van der Waals surface area contributed by atoms with E-state index in [2.05, 4.69) is 22.2 Å². The van der Waals surface area contributed by atoms with Crippen molar-refractivity contribution in [1.29, 1.82) is 0 Å². The van der Waals surface area contributed by atoms with E-state index in [1.807, 2.05) is 0 Å². The zero-order chi connectivity index (χ0) is 15.7. The van der Waals surface area contributed by atoms with E-state index in [4.69, 9.17) is 12.2 Å². The van der Waals surface area contributed by atoms with Gasteiger partial charge in [0.05, 0.1) is 10.9 Å². The number of hydrogen-bond donors (Lipinski definition) is 3. The van der Waals surface area contributed by atoms with E-state index >= 15 is 0 Å². The second-order valence-corrected chi connectivity index (χ2v) is 6.42. The van der Waals surface area contributed by atoms with Crippen LogP contribution in [0.15, 0.2) is 23.0 Å². The molecule has 1 aliphatic rings. The molecule has 22 heavy (non-hydrogen) atoms. The van der Waals surface area contributed by atoms with Crippen LogP contribution in [0, 0.1) is 10.7 Å². The Morgan fingerprint density at radius 2 is 2.05 bits per heavy atom. The average molecular weight is 317 g/mol. The molecule has 0 aliphatic heterocycles. The highest BCUT2D eigenvalue weighted by atomic mass is 32.1. The predicted molar refractivity (Wildman–Crippen MR) is 88.6 cm³/mol. The van der Waals surface area contributed by atoms with Crippen molar-refractivity contribution in [3.63, 3.8) is 0 Å². The Kier molecular flexibility index (Phi) is 4.11. The van der Waals surface area contributed by atoms with Crippen LogP contribution < -0.4 is 10.9 Å². The summed E-state index contributed by atoms with van der Waals surface area (Å²) in [7, 11) is 0. The molecule has 3 N–H and O–H groups in total. The SMILES string of the molecule is C[C@@H]1CCCC[C@H]1NC(=O)c1ccc2c(=O)[nH]c(=S)[nH]c2c1. The summed E-state index contributed by atoms with van der Waals surface area (Å²) in [6.45, 7) is 2.18. The van der Waals surface area contributed by atoms with Gasteiger partial charge in [-0.15, -0.1) is 0 Å². The summed E-state index contributed by atoms with van der Waals surface area (Å²) < 4.78 is 0.260. The van der Waals surface area contributed by atoms with Crippen LogP contribution in [0.3, 0.4) is 0 Å². The molecule has 116 valence electrons. The lowest BCUT2D eigenvalue weighted by Gasteiger charge is -2.29. The predicted octanol–water partition coefficient (Wildman–Crippen LogP) is 2.89. The summed E-state index contributed by atoms with van der Waals surface area (Å²) in [4.78, 5) is 29.7. The molecule has 2 atom stereocenters. The maximum Gasteiger partial charge on any atom is 0.259 e. The summed E-state index contributed by atoms with van der Waals surface area (Å²) in [5.74, 6) is 0.409. The smallest absolute Gasteiger partial charge is 0.259 e. The molecule has 1 amide bonds. The fourth-order valence-corrected chi connectivity index (χ4v) is 3.30. The van der Waals surface area contributed by atoms with Crippen LogP contribution in [-0.4, -0.2) is 21.9 Å². The Morgan fingerprint density at radius 3 is 2.82 bits per heavy atom. The molecule has 0 bridgehead atoms. The first kappa shape index (κ1) is 15.0. The van der Waals surface area contributed by atoms with Gasteiger partial charge in [0, 0.05) is 11.6 Å². The molecule has 0 saturated heterocycles. The molecule has 3 rings (SSSR count). The number of fused-ring (bicyclic) bond motifs is 1. The van der Waals surface area contributed by atoms with Crippen molar-refractivity contribution >= 4 is 29.0 Å². The first-order valence-corrected chi connectivity index (χ1v) is 8.02. The van der Waals surface area contributed by atoms with E-state index in [0.29, 0.717) is 22.4 Å². The van der Waals surface area contributed by atoms with Gasteiger partial charge in [0.25, 0.3) is 11.5 Å². The molecule has 0 radical (unpaired) electrons. The third-order valence-electron chi connectivity index (χ3n) is 4.43. The summed E-state index contributed by atoms with van der Waals surface area (Å²) in [5, 5.41) is 3.61. The van der Waals surface area contributed by atoms with Gasteiger partial charge < -0.3 is 10.3 Å². The van der Waals surface area contributed by atoms with Gasteiger partial charge >= 0.3 is 0 Å². The minimum absolute atomic E-state index is 0.0970.